The Kier molecular flexibility index (Phi) is 7.00. The predicted octanol–water partition coefficient (Wildman–Crippen LogP) is 3.47. The molecule has 1 heterocycles. The fraction of sp³-hybridized carbons (Fsp3) is 0.227. The molecular weight excluding hydrogens is 368 g/mol. The van der Waals surface area contributed by atoms with Gasteiger partial charge >= 0.3 is 0 Å². The topological polar surface area (TPSA) is 85.4 Å². The highest BCUT2D eigenvalue weighted by atomic mass is 16.5. The number of nitrogens with one attached hydrogen (secondary N) is 2. The van der Waals surface area contributed by atoms with E-state index in [1.54, 1.807) is 13.2 Å². The maximum absolute atomic E-state index is 12.3. The lowest BCUT2D eigenvalue weighted by molar-refractivity contribution is 0.0942. The maximum atomic E-state index is 12.3. The molecule has 2 aromatic carbocycles. The normalized spacial score (nSPS) is 11.4. The Morgan fingerprint density at radius 3 is 2.48 bits per heavy atom. The first-order valence-electron chi connectivity index (χ1n) is 9.34. The van der Waals surface area contributed by atoms with Crippen LogP contribution in [-0.4, -0.2) is 36.1 Å². The molecule has 0 radical (unpaired) electrons. The molecule has 3 rings (SSSR count). The highest BCUT2D eigenvalue weighted by Crippen LogP contribution is 2.18. The van der Waals surface area contributed by atoms with Crippen molar-refractivity contribution >= 4 is 11.7 Å². The first-order chi connectivity index (χ1) is 14.2. The second-order valence-electron chi connectivity index (χ2n) is 6.35. The average Bonchev–Trinajstić information content (AvgIpc) is 2.77. The van der Waals surface area contributed by atoms with Gasteiger partial charge in [0, 0.05) is 12.1 Å². The van der Waals surface area contributed by atoms with Gasteiger partial charge in [0.15, 0.2) is 0 Å². The summed E-state index contributed by atoms with van der Waals surface area (Å²) in [6.07, 6.45) is 1.38. The number of amides is 1. The van der Waals surface area contributed by atoms with Gasteiger partial charge in [-0.25, -0.2) is 9.97 Å². The third kappa shape index (κ3) is 5.93. The Bertz CT molecular complexity index is 917. The zero-order valence-corrected chi connectivity index (χ0v) is 16.5. The lowest BCUT2D eigenvalue weighted by atomic mass is 10.1. The van der Waals surface area contributed by atoms with Crippen molar-refractivity contribution in [2.24, 2.45) is 0 Å². The number of rotatable bonds is 9. The molecule has 0 saturated heterocycles. The second-order valence-corrected chi connectivity index (χ2v) is 6.35. The fourth-order valence-electron chi connectivity index (χ4n) is 2.70. The molecule has 0 bridgehead atoms. The summed E-state index contributed by atoms with van der Waals surface area (Å²) in [6, 6.07) is 19.0. The molecule has 0 spiro atoms. The van der Waals surface area contributed by atoms with Gasteiger partial charge in [0.1, 0.15) is 35.9 Å². The van der Waals surface area contributed by atoms with Gasteiger partial charge in [0.05, 0.1) is 13.7 Å². The summed E-state index contributed by atoms with van der Waals surface area (Å²) in [5, 5.41) is 6.08. The number of hydrogen-bond donors (Lipinski definition) is 2. The summed E-state index contributed by atoms with van der Waals surface area (Å²) in [6.45, 7) is 2.74. The SMILES string of the molecule is COc1ccc(OCCNC(=O)c2cc(NC(C)c3ccccc3)ncn2)cc1. The van der Waals surface area contributed by atoms with Crippen molar-refractivity contribution in [2.45, 2.75) is 13.0 Å². The average molecular weight is 392 g/mol. The van der Waals surface area contributed by atoms with Gasteiger partial charge in [-0.1, -0.05) is 30.3 Å². The molecule has 7 nitrogen and oxygen atoms in total. The van der Waals surface area contributed by atoms with E-state index in [1.165, 1.54) is 6.33 Å². The van der Waals surface area contributed by atoms with Crippen molar-refractivity contribution < 1.29 is 14.3 Å². The van der Waals surface area contributed by atoms with Crippen molar-refractivity contribution in [3.05, 3.63) is 78.2 Å². The molecule has 0 aliphatic carbocycles. The van der Waals surface area contributed by atoms with Crippen LogP contribution in [0.2, 0.25) is 0 Å². The molecule has 1 unspecified atom stereocenters. The van der Waals surface area contributed by atoms with E-state index in [4.69, 9.17) is 9.47 Å². The Morgan fingerprint density at radius 1 is 1.03 bits per heavy atom. The summed E-state index contributed by atoms with van der Waals surface area (Å²) < 4.78 is 10.7. The fourth-order valence-corrected chi connectivity index (χ4v) is 2.70. The molecule has 2 N–H and O–H groups in total. The first kappa shape index (κ1) is 20.1. The summed E-state index contributed by atoms with van der Waals surface area (Å²) in [5.74, 6) is 1.79. The van der Waals surface area contributed by atoms with Crippen LogP contribution < -0.4 is 20.1 Å². The third-order valence-corrected chi connectivity index (χ3v) is 4.28. The van der Waals surface area contributed by atoms with Crippen LogP contribution in [0.25, 0.3) is 0 Å². The standard InChI is InChI=1S/C22H24N4O3/c1-16(17-6-4-3-5-7-17)26-21-14-20(24-15-25-21)22(27)23-12-13-29-19-10-8-18(28-2)9-11-19/h3-11,14-16H,12-13H2,1-2H3,(H,23,27)(H,24,25,26). The van der Waals surface area contributed by atoms with Gasteiger partial charge in [-0.3, -0.25) is 4.79 Å². The second kappa shape index (κ2) is 10.1. The minimum absolute atomic E-state index is 0.0555. The number of carbonyl (C=O) groups is 1. The van der Waals surface area contributed by atoms with E-state index in [0.717, 1.165) is 11.3 Å². The lowest BCUT2D eigenvalue weighted by Crippen LogP contribution is -2.29. The maximum Gasteiger partial charge on any atom is 0.270 e. The van der Waals surface area contributed by atoms with Crippen LogP contribution in [0.15, 0.2) is 67.0 Å². The first-order valence-corrected chi connectivity index (χ1v) is 9.34. The summed E-state index contributed by atoms with van der Waals surface area (Å²) in [4.78, 5) is 20.6. The molecule has 0 aliphatic rings. The third-order valence-electron chi connectivity index (χ3n) is 4.28. The van der Waals surface area contributed by atoms with E-state index in [1.807, 2.05) is 61.5 Å². The van der Waals surface area contributed by atoms with Crippen LogP contribution >= 0.6 is 0 Å². The number of hydrogen-bond acceptors (Lipinski definition) is 6. The van der Waals surface area contributed by atoms with E-state index in [9.17, 15) is 4.79 Å². The van der Waals surface area contributed by atoms with Gasteiger partial charge in [-0.05, 0) is 36.8 Å². The molecule has 150 valence electrons. The van der Waals surface area contributed by atoms with Crippen molar-refractivity contribution in [3.8, 4) is 11.5 Å². The van der Waals surface area contributed by atoms with Gasteiger partial charge < -0.3 is 20.1 Å². The summed E-state index contributed by atoms with van der Waals surface area (Å²) >= 11 is 0. The van der Waals surface area contributed by atoms with Gasteiger partial charge in [0.25, 0.3) is 5.91 Å². The molecular formula is C22H24N4O3. The van der Waals surface area contributed by atoms with Gasteiger partial charge in [-0.15, -0.1) is 0 Å². The molecule has 1 atom stereocenters. The highest BCUT2D eigenvalue weighted by Gasteiger charge is 2.10. The largest absolute Gasteiger partial charge is 0.497 e. The molecule has 1 aromatic heterocycles. The van der Waals surface area contributed by atoms with Crippen LogP contribution in [0.4, 0.5) is 5.82 Å². The Balaban J connectivity index is 1.48. The predicted molar refractivity (Wildman–Crippen MR) is 111 cm³/mol. The van der Waals surface area contributed by atoms with Crippen LogP contribution in [0.1, 0.15) is 29.0 Å². The Hall–Kier alpha value is -3.61. The van der Waals surface area contributed by atoms with E-state index in [0.29, 0.717) is 30.4 Å². The minimum Gasteiger partial charge on any atom is -0.497 e. The Morgan fingerprint density at radius 2 is 1.76 bits per heavy atom. The number of methoxy groups -OCH3 is 1. The zero-order valence-electron chi connectivity index (χ0n) is 16.5. The van der Waals surface area contributed by atoms with Crippen molar-refractivity contribution in [3.63, 3.8) is 0 Å². The molecule has 7 heteroatoms. The van der Waals surface area contributed by atoms with Gasteiger partial charge in [-0.2, -0.15) is 0 Å². The van der Waals surface area contributed by atoms with Crippen LogP contribution in [0, 0.1) is 0 Å². The van der Waals surface area contributed by atoms with E-state index < -0.39 is 0 Å². The number of nitrogens with zero attached hydrogens (tertiary/aromatic N) is 2. The zero-order chi connectivity index (χ0) is 20.5. The van der Waals surface area contributed by atoms with Crippen LogP contribution in [0.5, 0.6) is 11.5 Å². The minimum atomic E-state index is -0.277. The highest BCUT2D eigenvalue weighted by molar-refractivity contribution is 5.92. The molecule has 3 aromatic rings. The van der Waals surface area contributed by atoms with Crippen molar-refractivity contribution in [1.29, 1.82) is 0 Å². The quantitative estimate of drug-likeness (QED) is 0.543. The number of ether oxygens (including phenoxy) is 2. The number of benzene rings is 2. The molecule has 29 heavy (non-hydrogen) atoms. The van der Waals surface area contributed by atoms with Crippen LogP contribution in [0.3, 0.4) is 0 Å². The summed E-state index contributed by atoms with van der Waals surface area (Å²) in [7, 11) is 1.61. The van der Waals surface area contributed by atoms with E-state index in [-0.39, 0.29) is 11.9 Å². The number of anilines is 1. The smallest absolute Gasteiger partial charge is 0.270 e. The molecule has 0 aliphatic heterocycles. The molecule has 0 saturated carbocycles. The van der Waals surface area contributed by atoms with E-state index in [2.05, 4.69) is 20.6 Å². The number of carbonyl (C=O) groups excluding carboxylic acids is 1. The Labute approximate surface area is 170 Å². The molecule has 0 fully saturated rings. The molecule has 1 amide bonds. The monoisotopic (exact) mass is 392 g/mol. The summed E-state index contributed by atoms with van der Waals surface area (Å²) in [5.41, 5.74) is 1.43. The van der Waals surface area contributed by atoms with E-state index >= 15 is 0 Å². The van der Waals surface area contributed by atoms with Crippen molar-refractivity contribution in [2.75, 3.05) is 25.6 Å². The number of aromatic nitrogens is 2. The van der Waals surface area contributed by atoms with Crippen molar-refractivity contribution in [1.82, 2.24) is 15.3 Å². The lowest BCUT2D eigenvalue weighted by Gasteiger charge is -2.15. The van der Waals surface area contributed by atoms with Gasteiger partial charge in [0.2, 0.25) is 0 Å². The van der Waals surface area contributed by atoms with Crippen LogP contribution in [-0.2, 0) is 0 Å².